The summed E-state index contributed by atoms with van der Waals surface area (Å²) in [5.74, 6) is -1.35. The maximum absolute atomic E-state index is 11.8. The van der Waals surface area contributed by atoms with Gasteiger partial charge in [0.15, 0.2) is 5.71 Å². The van der Waals surface area contributed by atoms with E-state index in [1.54, 1.807) is 6.07 Å². The molecule has 0 heterocycles. The lowest BCUT2D eigenvalue weighted by atomic mass is 10.2. The predicted molar refractivity (Wildman–Crippen MR) is 85.5 cm³/mol. The number of nitrogens with zero attached hydrogens (tertiary/aromatic N) is 2. The molecule has 1 atom stereocenters. The Balaban J connectivity index is 3.04. The molecule has 1 rings (SSSR count). The number of nitrogens with one attached hydrogen (secondary N) is 1. The van der Waals surface area contributed by atoms with Crippen molar-refractivity contribution in [2.24, 2.45) is 5.10 Å². The number of rotatable bonds is 7. The summed E-state index contributed by atoms with van der Waals surface area (Å²) in [4.78, 5) is 32.6. The zero-order chi connectivity index (χ0) is 17.4. The Bertz CT molecular complexity index is 634. The van der Waals surface area contributed by atoms with Gasteiger partial charge in [-0.2, -0.15) is 5.10 Å². The number of benzene rings is 1. The van der Waals surface area contributed by atoms with Crippen LogP contribution in [0.15, 0.2) is 29.4 Å². The molecule has 0 aliphatic rings. The van der Waals surface area contributed by atoms with Crippen molar-refractivity contribution in [1.29, 1.82) is 0 Å². The Morgan fingerprint density at radius 1 is 1.35 bits per heavy atom. The summed E-state index contributed by atoms with van der Waals surface area (Å²) in [6, 6.07) is 5.79. The van der Waals surface area contributed by atoms with Gasteiger partial charge in [-0.3, -0.25) is 20.3 Å². The third-order valence-corrected chi connectivity index (χ3v) is 3.42. The van der Waals surface area contributed by atoms with Crippen molar-refractivity contribution in [2.45, 2.75) is 11.2 Å². The van der Waals surface area contributed by atoms with E-state index in [1.165, 1.54) is 25.3 Å². The van der Waals surface area contributed by atoms with E-state index in [0.29, 0.717) is 0 Å². The van der Waals surface area contributed by atoms with E-state index in [9.17, 15) is 19.7 Å². The van der Waals surface area contributed by atoms with Crippen molar-refractivity contribution >= 4 is 45.0 Å². The van der Waals surface area contributed by atoms with Gasteiger partial charge in [-0.05, 0) is 6.07 Å². The van der Waals surface area contributed by atoms with Crippen LogP contribution in [-0.2, 0) is 19.1 Å². The van der Waals surface area contributed by atoms with Gasteiger partial charge >= 0.3 is 11.9 Å². The minimum Gasteiger partial charge on any atom is -0.469 e. The average molecular weight is 388 g/mol. The molecule has 1 unspecified atom stereocenters. The van der Waals surface area contributed by atoms with Gasteiger partial charge in [0.2, 0.25) is 0 Å². The summed E-state index contributed by atoms with van der Waals surface area (Å²) < 4.78 is 9.10. The number of methoxy groups -OCH3 is 2. The molecule has 0 saturated carbocycles. The lowest BCUT2D eigenvalue weighted by Gasteiger charge is -2.11. The van der Waals surface area contributed by atoms with Gasteiger partial charge < -0.3 is 9.47 Å². The van der Waals surface area contributed by atoms with E-state index in [1.807, 2.05) is 0 Å². The fourth-order valence-corrected chi connectivity index (χ4v) is 2.08. The maximum Gasteiger partial charge on any atom is 0.355 e. The number of anilines is 1. The van der Waals surface area contributed by atoms with Crippen LogP contribution in [0.2, 0.25) is 0 Å². The van der Waals surface area contributed by atoms with Crippen molar-refractivity contribution in [2.75, 3.05) is 19.6 Å². The van der Waals surface area contributed by atoms with Gasteiger partial charge in [-0.15, -0.1) is 0 Å². The highest BCUT2D eigenvalue weighted by atomic mass is 79.9. The molecule has 0 radical (unpaired) electrons. The second-order valence-electron chi connectivity index (χ2n) is 4.12. The molecule has 1 aromatic rings. The number of nitro benzene ring substituents is 1. The number of ether oxygens (including phenoxy) is 2. The number of esters is 2. The van der Waals surface area contributed by atoms with E-state index in [4.69, 9.17) is 0 Å². The summed E-state index contributed by atoms with van der Waals surface area (Å²) in [6.07, 6.45) is -0.164. The van der Waals surface area contributed by atoms with Crippen molar-refractivity contribution in [1.82, 2.24) is 0 Å². The first-order valence-electron chi connectivity index (χ1n) is 6.27. The Labute approximate surface area is 139 Å². The van der Waals surface area contributed by atoms with Gasteiger partial charge in [0, 0.05) is 6.07 Å². The standard InChI is InChI=1S/C13H14BrN3O6/c1-22-11(18)7-8(14)12(13(19)23-2)16-15-9-5-3-4-6-10(9)17(20)21/h3-6,8,15H,7H2,1-2H3/b16-12-. The number of hydrogen-bond acceptors (Lipinski definition) is 8. The number of carbonyl (C=O) groups is 2. The van der Waals surface area contributed by atoms with Crippen LogP contribution in [0.25, 0.3) is 0 Å². The Morgan fingerprint density at radius 3 is 2.57 bits per heavy atom. The molecule has 0 aromatic heterocycles. The summed E-state index contributed by atoms with van der Waals surface area (Å²) >= 11 is 3.14. The first-order chi connectivity index (χ1) is 10.9. The molecule has 23 heavy (non-hydrogen) atoms. The minimum atomic E-state index is -0.790. The lowest BCUT2D eigenvalue weighted by molar-refractivity contribution is -0.384. The van der Waals surface area contributed by atoms with E-state index in [-0.39, 0.29) is 23.5 Å². The molecule has 0 bridgehead atoms. The molecule has 0 aliphatic carbocycles. The quantitative estimate of drug-likeness (QED) is 0.249. The molecule has 0 aliphatic heterocycles. The van der Waals surface area contributed by atoms with Gasteiger partial charge in [-0.25, -0.2) is 4.79 Å². The van der Waals surface area contributed by atoms with Crippen LogP contribution in [0.3, 0.4) is 0 Å². The van der Waals surface area contributed by atoms with Gasteiger partial charge in [0.1, 0.15) is 5.69 Å². The van der Waals surface area contributed by atoms with Crippen LogP contribution < -0.4 is 5.43 Å². The summed E-state index contributed by atoms with van der Waals surface area (Å²) in [5.41, 5.74) is 2.17. The minimum absolute atomic E-state index is 0.0941. The number of hydrazone groups is 1. The number of para-hydroxylation sites is 2. The van der Waals surface area contributed by atoms with E-state index >= 15 is 0 Å². The monoisotopic (exact) mass is 387 g/mol. The molecular formula is C13H14BrN3O6. The van der Waals surface area contributed by atoms with Crippen LogP contribution >= 0.6 is 15.9 Å². The van der Waals surface area contributed by atoms with Gasteiger partial charge in [-0.1, -0.05) is 28.1 Å². The largest absolute Gasteiger partial charge is 0.469 e. The van der Waals surface area contributed by atoms with E-state index in [2.05, 4.69) is 35.9 Å². The normalized spacial score (nSPS) is 12.2. The highest BCUT2D eigenvalue weighted by molar-refractivity contribution is 9.10. The Morgan fingerprint density at radius 2 is 2.00 bits per heavy atom. The van der Waals surface area contributed by atoms with Crippen molar-refractivity contribution in [3.05, 3.63) is 34.4 Å². The molecule has 10 heteroatoms. The number of halogens is 1. The Hall–Kier alpha value is -2.49. The number of alkyl halides is 1. The maximum atomic E-state index is 11.8. The first-order valence-corrected chi connectivity index (χ1v) is 7.18. The molecular weight excluding hydrogens is 374 g/mol. The van der Waals surface area contributed by atoms with Crippen LogP contribution in [-0.4, -0.2) is 41.6 Å². The topological polar surface area (TPSA) is 120 Å². The SMILES string of the molecule is COC(=O)CC(Br)/C(=N/Nc1ccccc1[N+](=O)[O-])C(=O)OC. The van der Waals surface area contributed by atoms with Crippen molar-refractivity contribution < 1.29 is 24.0 Å². The second kappa shape index (κ2) is 8.83. The van der Waals surface area contributed by atoms with Crippen LogP contribution in [0.1, 0.15) is 6.42 Å². The fraction of sp³-hybridized carbons (Fsp3) is 0.308. The summed E-state index contributed by atoms with van der Waals surface area (Å²) in [5, 5.41) is 14.8. The lowest BCUT2D eigenvalue weighted by Crippen LogP contribution is -2.29. The second-order valence-corrected chi connectivity index (χ2v) is 5.23. The number of hydrogen-bond donors (Lipinski definition) is 1. The molecule has 1 N–H and O–H groups in total. The van der Waals surface area contributed by atoms with Crippen molar-refractivity contribution in [3.63, 3.8) is 0 Å². The van der Waals surface area contributed by atoms with E-state index < -0.39 is 21.7 Å². The first kappa shape index (κ1) is 18.6. The average Bonchev–Trinajstić information content (AvgIpc) is 2.54. The van der Waals surface area contributed by atoms with Crippen LogP contribution in [0.4, 0.5) is 11.4 Å². The molecule has 0 fully saturated rings. The number of carbonyl (C=O) groups excluding carboxylic acids is 2. The van der Waals surface area contributed by atoms with Crippen LogP contribution in [0.5, 0.6) is 0 Å². The third kappa shape index (κ3) is 5.33. The highest BCUT2D eigenvalue weighted by Gasteiger charge is 2.25. The highest BCUT2D eigenvalue weighted by Crippen LogP contribution is 2.23. The smallest absolute Gasteiger partial charge is 0.355 e. The fourth-order valence-electron chi connectivity index (χ4n) is 1.52. The molecule has 0 spiro atoms. The Kier molecular flexibility index (Phi) is 7.13. The van der Waals surface area contributed by atoms with E-state index in [0.717, 1.165) is 7.11 Å². The van der Waals surface area contributed by atoms with Crippen molar-refractivity contribution in [3.8, 4) is 0 Å². The zero-order valence-electron chi connectivity index (χ0n) is 12.3. The molecule has 124 valence electrons. The molecule has 9 nitrogen and oxygen atoms in total. The molecule has 0 saturated heterocycles. The third-order valence-electron chi connectivity index (χ3n) is 2.66. The van der Waals surface area contributed by atoms with Gasteiger partial charge in [0.25, 0.3) is 5.69 Å². The predicted octanol–water partition coefficient (Wildman–Crippen LogP) is 1.86. The zero-order valence-corrected chi connectivity index (χ0v) is 13.9. The van der Waals surface area contributed by atoms with Crippen LogP contribution in [0, 0.1) is 10.1 Å². The molecule has 0 amide bonds. The summed E-state index contributed by atoms with van der Waals surface area (Å²) in [6.45, 7) is 0. The number of nitro groups is 1. The molecule has 1 aromatic carbocycles. The summed E-state index contributed by atoms with van der Waals surface area (Å²) in [7, 11) is 2.36. The van der Waals surface area contributed by atoms with Gasteiger partial charge in [0.05, 0.1) is 30.4 Å².